The number of allylic oxidation sites excluding steroid dienone is 1. The van der Waals surface area contributed by atoms with E-state index >= 15 is 0 Å². The van der Waals surface area contributed by atoms with E-state index in [1.54, 1.807) is 6.08 Å². The average molecular weight is 190 g/mol. The van der Waals surface area contributed by atoms with Gasteiger partial charge < -0.3 is 0 Å². The van der Waals surface area contributed by atoms with Gasteiger partial charge in [-0.1, -0.05) is 32.3 Å². The molecule has 0 rings (SSSR count). The predicted molar refractivity (Wildman–Crippen MR) is 52.7 cm³/mol. The van der Waals surface area contributed by atoms with Gasteiger partial charge in [0.25, 0.3) is 0 Å². The lowest BCUT2D eigenvalue weighted by Crippen LogP contribution is -1.87. The molecule has 0 amide bonds. The summed E-state index contributed by atoms with van der Waals surface area (Å²) in [5, 5.41) is 1.29. The standard InChI is InChI=1S/C9H18O2S/c1-3-4-5-6-7-8-9-12(2,10)11/h8-9H,3-7H2,1-2H3/b9-8-. The van der Waals surface area contributed by atoms with Crippen LogP contribution in [-0.4, -0.2) is 14.7 Å². The number of rotatable bonds is 6. The molecule has 2 nitrogen and oxygen atoms in total. The zero-order valence-corrected chi connectivity index (χ0v) is 8.73. The lowest BCUT2D eigenvalue weighted by atomic mass is 10.2. The second kappa shape index (κ2) is 6.23. The van der Waals surface area contributed by atoms with Gasteiger partial charge in [-0.15, -0.1) is 0 Å². The molecule has 0 aromatic carbocycles. The van der Waals surface area contributed by atoms with Crippen LogP contribution in [0.4, 0.5) is 0 Å². The Labute approximate surface area is 75.6 Å². The van der Waals surface area contributed by atoms with Gasteiger partial charge in [0.2, 0.25) is 0 Å². The number of hydrogen-bond acceptors (Lipinski definition) is 2. The molecular formula is C9H18O2S. The van der Waals surface area contributed by atoms with E-state index in [1.807, 2.05) is 0 Å². The van der Waals surface area contributed by atoms with Gasteiger partial charge in [-0.2, -0.15) is 0 Å². The zero-order chi connectivity index (χ0) is 9.45. The van der Waals surface area contributed by atoms with Crippen molar-refractivity contribution in [2.45, 2.75) is 39.0 Å². The number of hydrogen-bond donors (Lipinski definition) is 0. The van der Waals surface area contributed by atoms with Crippen LogP contribution in [0.3, 0.4) is 0 Å². The van der Waals surface area contributed by atoms with Crippen molar-refractivity contribution in [3.05, 3.63) is 11.5 Å². The molecule has 0 N–H and O–H groups in total. The van der Waals surface area contributed by atoms with Crippen LogP contribution in [0, 0.1) is 0 Å². The van der Waals surface area contributed by atoms with Gasteiger partial charge in [0.1, 0.15) is 0 Å². The molecule has 0 atom stereocenters. The Morgan fingerprint density at radius 3 is 2.33 bits per heavy atom. The van der Waals surface area contributed by atoms with Crippen LogP contribution in [0.15, 0.2) is 11.5 Å². The molecule has 0 aromatic heterocycles. The molecule has 0 spiro atoms. The molecule has 0 heterocycles. The first kappa shape index (κ1) is 11.7. The topological polar surface area (TPSA) is 34.1 Å². The van der Waals surface area contributed by atoms with Gasteiger partial charge in [0.05, 0.1) is 0 Å². The fourth-order valence-electron chi connectivity index (χ4n) is 0.932. The lowest BCUT2D eigenvalue weighted by Gasteiger charge is -1.93. The first-order valence-electron chi connectivity index (χ1n) is 4.43. The second-order valence-corrected chi connectivity index (χ2v) is 4.98. The van der Waals surface area contributed by atoms with Gasteiger partial charge in [-0.25, -0.2) is 8.42 Å². The molecule has 0 radical (unpaired) electrons. The molecule has 0 aliphatic rings. The van der Waals surface area contributed by atoms with Crippen LogP contribution in [0.25, 0.3) is 0 Å². The molecular weight excluding hydrogens is 172 g/mol. The first-order chi connectivity index (χ1) is 5.56. The minimum atomic E-state index is -2.90. The highest BCUT2D eigenvalue weighted by Crippen LogP contribution is 2.03. The Morgan fingerprint density at radius 2 is 1.83 bits per heavy atom. The van der Waals surface area contributed by atoms with Crippen LogP contribution in [0.2, 0.25) is 0 Å². The van der Waals surface area contributed by atoms with E-state index in [-0.39, 0.29) is 0 Å². The molecule has 0 bridgehead atoms. The maximum absolute atomic E-state index is 10.6. The first-order valence-corrected chi connectivity index (χ1v) is 6.38. The summed E-state index contributed by atoms with van der Waals surface area (Å²) in [5.41, 5.74) is 0. The molecule has 0 saturated carbocycles. The Hall–Kier alpha value is -0.310. The van der Waals surface area contributed by atoms with Crippen LogP contribution >= 0.6 is 0 Å². The predicted octanol–water partition coefficient (Wildman–Crippen LogP) is 2.52. The summed E-state index contributed by atoms with van der Waals surface area (Å²) < 4.78 is 21.3. The molecule has 12 heavy (non-hydrogen) atoms. The average Bonchev–Trinajstić information content (AvgIpc) is 1.94. The van der Waals surface area contributed by atoms with Gasteiger partial charge >= 0.3 is 0 Å². The SMILES string of the molecule is CCCCCC/C=C\S(C)(=O)=O. The highest BCUT2D eigenvalue weighted by Gasteiger charge is 1.91. The maximum Gasteiger partial charge on any atom is 0.168 e. The molecule has 0 aromatic rings. The molecule has 0 aliphatic carbocycles. The van der Waals surface area contributed by atoms with Crippen molar-refractivity contribution in [3.8, 4) is 0 Å². The minimum absolute atomic E-state index is 0.882. The van der Waals surface area contributed by atoms with Gasteiger partial charge in [-0.3, -0.25) is 0 Å². The van der Waals surface area contributed by atoms with Crippen LogP contribution in [0.1, 0.15) is 39.0 Å². The summed E-state index contributed by atoms with van der Waals surface area (Å²) in [7, 11) is -2.90. The molecule has 72 valence electrons. The van der Waals surface area contributed by atoms with Gasteiger partial charge in [0.15, 0.2) is 9.84 Å². The summed E-state index contributed by atoms with van der Waals surface area (Å²) in [4.78, 5) is 0. The molecule has 0 aliphatic heterocycles. The largest absolute Gasteiger partial charge is 0.225 e. The van der Waals surface area contributed by atoms with Crippen molar-refractivity contribution in [2.24, 2.45) is 0 Å². The quantitative estimate of drug-likeness (QED) is 0.603. The summed E-state index contributed by atoms with van der Waals surface area (Å²) in [6.07, 6.45) is 8.60. The van der Waals surface area contributed by atoms with E-state index in [4.69, 9.17) is 0 Å². The number of unbranched alkanes of at least 4 members (excludes halogenated alkanes) is 4. The third kappa shape index (κ3) is 9.69. The summed E-state index contributed by atoms with van der Waals surface area (Å²) >= 11 is 0. The molecule has 3 heteroatoms. The Bertz CT molecular complexity index is 215. The lowest BCUT2D eigenvalue weighted by molar-refractivity contribution is 0.609. The van der Waals surface area contributed by atoms with E-state index in [9.17, 15) is 8.42 Å². The van der Waals surface area contributed by atoms with Crippen molar-refractivity contribution < 1.29 is 8.42 Å². The molecule has 0 saturated heterocycles. The summed E-state index contributed by atoms with van der Waals surface area (Å²) in [6, 6.07) is 0. The normalized spacial score (nSPS) is 12.5. The third-order valence-electron chi connectivity index (χ3n) is 1.57. The van der Waals surface area contributed by atoms with Gasteiger partial charge in [0, 0.05) is 11.7 Å². The van der Waals surface area contributed by atoms with E-state index in [0.29, 0.717) is 0 Å². The summed E-state index contributed by atoms with van der Waals surface area (Å²) in [5.74, 6) is 0. The highest BCUT2D eigenvalue weighted by molar-refractivity contribution is 7.93. The fourth-order valence-corrected chi connectivity index (χ4v) is 1.42. The van der Waals surface area contributed by atoms with E-state index < -0.39 is 9.84 Å². The van der Waals surface area contributed by atoms with E-state index in [1.165, 1.54) is 30.9 Å². The molecule has 0 unspecified atom stereocenters. The number of sulfone groups is 1. The third-order valence-corrected chi connectivity index (χ3v) is 2.25. The second-order valence-electron chi connectivity index (χ2n) is 3.05. The molecule has 0 fully saturated rings. The maximum atomic E-state index is 10.6. The Kier molecular flexibility index (Phi) is 6.07. The van der Waals surface area contributed by atoms with Crippen molar-refractivity contribution >= 4 is 9.84 Å². The van der Waals surface area contributed by atoms with Crippen LogP contribution in [-0.2, 0) is 9.84 Å². The fraction of sp³-hybridized carbons (Fsp3) is 0.778. The van der Waals surface area contributed by atoms with Gasteiger partial charge in [-0.05, 0) is 12.8 Å². The van der Waals surface area contributed by atoms with E-state index in [0.717, 1.165) is 12.8 Å². The van der Waals surface area contributed by atoms with E-state index in [2.05, 4.69) is 6.92 Å². The summed E-state index contributed by atoms with van der Waals surface area (Å²) in [6.45, 7) is 2.16. The zero-order valence-electron chi connectivity index (χ0n) is 7.91. The minimum Gasteiger partial charge on any atom is -0.225 e. The Morgan fingerprint density at radius 1 is 1.17 bits per heavy atom. The Balaban J connectivity index is 3.38. The van der Waals surface area contributed by atoms with Crippen LogP contribution < -0.4 is 0 Å². The smallest absolute Gasteiger partial charge is 0.168 e. The van der Waals surface area contributed by atoms with Crippen molar-refractivity contribution in [3.63, 3.8) is 0 Å². The highest BCUT2D eigenvalue weighted by atomic mass is 32.2. The van der Waals surface area contributed by atoms with Crippen molar-refractivity contribution in [1.82, 2.24) is 0 Å². The van der Waals surface area contributed by atoms with Crippen molar-refractivity contribution in [2.75, 3.05) is 6.26 Å². The monoisotopic (exact) mass is 190 g/mol. The van der Waals surface area contributed by atoms with Crippen LogP contribution in [0.5, 0.6) is 0 Å². The van der Waals surface area contributed by atoms with Crippen molar-refractivity contribution in [1.29, 1.82) is 0 Å².